The molecule has 0 aliphatic rings. The smallest absolute Gasteiger partial charge is 0.262 e. The molecule has 0 bridgehead atoms. The first-order valence-electron chi connectivity index (χ1n) is 7.60. The van der Waals surface area contributed by atoms with E-state index in [9.17, 15) is 18.9 Å². The molecule has 142 valence electrons. The summed E-state index contributed by atoms with van der Waals surface area (Å²) in [6.07, 6.45) is 1.45. The molecule has 3 rings (SSSR count). The molecule has 0 aliphatic carbocycles. The highest BCUT2D eigenvalue weighted by molar-refractivity contribution is 7.82. The Morgan fingerprint density at radius 1 is 1.41 bits per heavy atom. The van der Waals surface area contributed by atoms with Crippen LogP contribution in [0.3, 0.4) is 0 Å². The second-order valence-corrected chi connectivity index (χ2v) is 7.38. The fourth-order valence-corrected chi connectivity index (χ4v) is 3.56. The second-order valence-electron chi connectivity index (χ2n) is 5.50. The highest BCUT2D eigenvalue weighted by Gasteiger charge is 2.18. The van der Waals surface area contributed by atoms with Crippen molar-refractivity contribution >= 4 is 44.1 Å². The van der Waals surface area contributed by atoms with Gasteiger partial charge in [0.05, 0.1) is 48.4 Å². The molecule has 2 unspecified atom stereocenters. The van der Waals surface area contributed by atoms with Crippen LogP contribution < -0.4 is 16.0 Å². The molecular formula is C15H15N5O5S2. The standard InChI is InChI=1S/C15H15N5O5S2/c16-27(25)11-2-1-8(3-17-11)19-13(23)10-6-26-14-12(10)15(24)20(7-18-14)4-9(22)5-21/h1-3,6-7,9,21-22H,4-5,16H2,(H,19,23). The molecular weight excluding hydrogens is 394 g/mol. The van der Waals surface area contributed by atoms with Gasteiger partial charge in [-0.3, -0.25) is 14.2 Å². The van der Waals surface area contributed by atoms with Crippen LogP contribution in [0.5, 0.6) is 0 Å². The summed E-state index contributed by atoms with van der Waals surface area (Å²) < 4.78 is 12.3. The number of fused-ring (bicyclic) bond motifs is 1. The van der Waals surface area contributed by atoms with E-state index in [2.05, 4.69) is 15.3 Å². The number of carbonyl (C=O) groups is 1. The molecule has 3 aromatic heterocycles. The first-order valence-corrected chi connectivity index (χ1v) is 9.69. The topological polar surface area (TPSA) is 160 Å². The molecule has 0 saturated carbocycles. The number of hydrogen-bond acceptors (Lipinski definition) is 8. The van der Waals surface area contributed by atoms with E-state index in [4.69, 9.17) is 10.2 Å². The van der Waals surface area contributed by atoms with E-state index in [1.54, 1.807) is 0 Å². The Kier molecular flexibility index (Phi) is 5.72. The van der Waals surface area contributed by atoms with Gasteiger partial charge in [0.15, 0.2) is 0 Å². The third kappa shape index (κ3) is 4.09. The average molecular weight is 409 g/mol. The summed E-state index contributed by atoms with van der Waals surface area (Å²) in [5, 5.41) is 28.1. The van der Waals surface area contributed by atoms with Crippen LogP contribution in [0.1, 0.15) is 10.4 Å². The molecule has 3 heterocycles. The van der Waals surface area contributed by atoms with Crippen LogP contribution in [0.15, 0.2) is 39.9 Å². The molecule has 0 fully saturated rings. The maximum Gasteiger partial charge on any atom is 0.262 e. The summed E-state index contributed by atoms with van der Waals surface area (Å²) in [5.74, 6) is -0.538. The van der Waals surface area contributed by atoms with Gasteiger partial charge in [-0.25, -0.2) is 19.3 Å². The number of aromatic nitrogens is 3. The largest absolute Gasteiger partial charge is 0.394 e. The molecule has 10 nitrogen and oxygen atoms in total. The number of nitrogens with zero attached hydrogens (tertiary/aromatic N) is 3. The average Bonchev–Trinajstić information content (AvgIpc) is 3.09. The molecule has 27 heavy (non-hydrogen) atoms. The number of hydrogen-bond donors (Lipinski definition) is 4. The summed E-state index contributed by atoms with van der Waals surface area (Å²) in [6.45, 7) is -0.644. The van der Waals surface area contributed by atoms with Crippen molar-refractivity contribution in [2.24, 2.45) is 5.14 Å². The number of nitrogens with two attached hydrogens (primary N) is 1. The number of rotatable bonds is 6. The van der Waals surface area contributed by atoms with Crippen molar-refractivity contribution < 1.29 is 19.2 Å². The predicted molar refractivity (Wildman–Crippen MR) is 99.8 cm³/mol. The number of amides is 1. The lowest BCUT2D eigenvalue weighted by atomic mass is 10.2. The number of pyridine rings is 1. The summed E-state index contributed by atoms with van der Waals surface area (Å²) in [5.41, 5.74) is -0.0221. The van der Waals surface area contributed by atoms with Crippen molar-refractivity contribution in [3.05, 3.63) is 46.0 Å². The van der Waals surface area contributed by atoms with Gasteiger partial charge >= 0.3 is 0 Å². The third-order valence-electron chi connectivity index (χ3n) is 3.62. The van der Waals surface area contributed by atoms with Gasteiger partial charge in [-0.05, 0) is 12.1 Å². The summed E-state index contributed by atoms with van der Waals surface area (Å²) in [7, 11) is -1.72. The molecule has 3 aromatic rings. The van der Waals surface area contributed by atoms with Crippen molar-refractivity contribution in [2.45, 2.75) is 17.7 Å². The van der Waals surface area contributed by atoms with Crippen LogP contribution >= 0.6 is 11.3 Å². The number of aliphatic hydroxyl groups is 2. The molecule has 0 saturated heterocycles. The number of aliphatic hydroxyl groups excluding tert-OH is 2. The lowest BCUT2D eigenvalue weighted by Crippen LogP contribution is -2.29. The predicted octanol–water partition coefficient (Wildman–Crippen LogP) is -0.560. The highest BCUT2D eigenvalue weighted by atomic mass is 32.2. The van der Waals surface area contributed by atoms with E-state index in [0.717, 1.165) is 15.9 Å². The molecule has 1 amide bonds. The van der Waals surface area contributed by atoms with Gasteiger partial charge in [0, 0.05) is 5.38 Å². The molecule has 2 atom stereocenters. The fourth-order valence-electron chi connectivity index (χ4n) is 2.32. The minimum Gasteiger partial charge on any atom is -0.394 e. The van der Waals surface area contributed by atoms with Gasteiger partial charge in [0.2, 0.25) is 0 Å². The highest BCUT2D eigenvalue weighted by Crippen LogP contribution is 2.22. The van der Waals surface area contributed by atoms with Gasteiger partial charge in [-0.2, -0.15) is 0 Å². The van der Waals surface area contributed by atoms with Gasteiger partial charge < -0.3 is 15.5 Å². The molecule has 5 N–H and O–H groups in total. The maximum absolute atomic E-state index is 12.6. The summed E-state index contributed by atoms with van der Waals surface area (Å²) in [4.78, 5) is 33.6. The van der Waals surface area contributed by atoms with Crippen molar-refractivity contribution in [1.29, 1.82) is 0 Å². The Morgan fingerprint density at radius 2 is 2.19 bits per heavy atom. The Bertz CT molecular complexity index is 1060. The van der Waals surface area contributed by atoms with E-state index in [1.165, 1.54) is 30.0 Å². The van der Waals surface area contributed by atoms with E-state index in [0.29, 0.717) is 10.5 Å². The fraction of sp³-hybridized carbons (Fsp3) is 0.200. The van der Waals surface area contributed by atoms with Crippen LogP contribution in [0.25, 0.3) is 10.2 Å². The first kappa shape index (κ1) is 19.3. The third-order valence-corrected chi connectivity index (χ3v) is 5.16. The van der Waals surface area contributed by atoms with E-state index < -0.39 is 35.2 Å². The number of anilines is 1. The SMILES string of the molecule is NS(=O)c1ccc(NC(=O)c2csc3ncn(CC(O)CO)c(=O)c23)cn1. The van der Waals surface area contributed by atoms with Gasteiger partial charge in [-0.1, -0.05) is 0 Å². The lowest BCUT2D eigenvalue weighted by molar-refractivity contribution is 0.0803. The Labute approximate surface area is 158 Å². The normalized spacial score (nSPS) is 13.4. The van der Waals surface area contributed by atoms with Crippen LogP contribution in [-0.4, -0.2) is 47.6 Å². The Hall–Kier alpha value is -2.51. The maximum atomic E-state index is 12.6. The Balaban J connectivity index is 1.91. The van der Waals surface area contributed by atoms with Crippen molar-refractivity contribution in [1.82, 2.24) is 14.5 Å². The molecule has 0 aliphatic heterocycles. The van der Waals surface area contributed by atoms with Crippen LogP contribution in [0.2, 0.25) is 0 Å². The van der Waals surface area contributed by atoms with Crippen molar-refractivity contribution in [3.8, 4) is 0 Å². The van der Waals surface area contributed by atoms with E-state index in [-0.39, 0.29) is 22.5 Å². The molecule has 12 heteroatoms. The van der Waals surface area contributed by atoms with E-state index >= 15 is 0 Å². The van der Waals surface area contributed by atoms with E-state index in [1.807, 2.05) is 0 Å². The van der Waals surface area contributed by atoms with Crippen LogP contribution in [0.4, 0.5) is 5.69 Å². The van der Waals surface area contributed by atoms with Crippen LogP contribution in [-0.2, 0) is 17.5 Å². The zero-order valence-electron chi connectivity index (χ0n) is 13.7. The van der Waals surface area contributed by atoms with Gasteiger partial charge in [0.1, 0.15) is 20.8 Å². The number of thiophene rings is 1. The molecule has 0 radical (unpaired) electrons. The minimum absolute atomic E-state index is 0.123. The van der Waals surface area contributed by atoms with Crippen molar-refractivity contribution in [2.75, 3.05) is 11.9 Å². The van der Waals surface area contributed by atoms with Crippen molar-refractivity contribution in [3.63, 3.8) is 0 Å². The second kappa shape index (κ2) is 8.02. The van der Waals surface area contributed by atoms with Gasteiger partial charge in [-0.15, -0.1) is 11.3 Å². The quantitative estimate of drug-likeness (QED) is 0.424. The zero-order chi connectivity index (χ0) is 19.6. The van der Waals surface area contributed by atoms with Gasteiger partial charge in [0.25, 0.3) is 11.5 Å². The van der Waals surface area contributed by atoms with Crippen LogP contribution in [0, 0.1) is 0 Å². The molecule has 0 aromatic carbocycles. The number of carbonyl (C=O) groups excluding carboxylic acids is 1. The monoisotopic (exact) mass is 409 g/mol. The first-order chi connectivity index (χ1) is 12.9. The zero-order valence-corrected chi connectivity index (χ0v) is 15.4. The lowest BCUT2D eigenvalue weighted by Gasteiger charge is -2.09. The summed E-state index contributed by atoms with van der Waals surface area (Å²) >= 11 is 1.14. The minimum atomic E-state index is -1.72. The summed E-state index contributed by atoms with van der Waals surface area (Å²) in [6, 6.07) is 2.91. The Morgan fingerprint density at radius 3 is 2.81 bits per heavy atom. The molecule has 0 spiro atoms. The number of nitrogens with one attached hydrogen (secondary N) is 1.